The molecule has 1 saturated heterocycles. The monoisotopic (exact) mass is 472 g/mol. The molecule has 0 spiro atoms. The molecule has 2 N–H and O–H groups in total. The molecule has 33 heavy (non-hydrogen) atoms. The van der Waals surface area contributed by atoms with Gasteiger partial charge in [0.15, 0.2) is 0 Å². The summed E-state index contributed by atoms with van der Waals surface area (Å²) < 4.78 is 20.1. The molecule has 3 unspecified atom stereocenters. The fourth-order valence-corrected chi connectivity index (χ4v) is 9.52. The van der Waals surface area contributed by atoms with E-state index in [1.54, 1.807) is 12.1 Å². The summed E-state index contributed by atoms with van der Waals surface area (Å²) in [5.41, 5.74) is 0.739. The maximum Gasteiger partial charge on any atom is 0.336 e. The molecule has 4 aliphatic rings. The van der Waals surface area contributed by atoms with Crippen LogP contribution in [-0.2, 0) is 25.3 Å². The lowest BCUT2D eigenvalue weighted by molar-refractivity contribution is -0.158. The number of methoxy groups -OCH3 is 1. The highest BCUT2D eigenvalue weighted by atomic mass is 32.2. The first-order valence-corrected chi connectivity index (χ1v) is 13.5. The van der Waals surface area contributed by atoms with E-state index in [0.717, 1.165) is 19.3 Å². The van der Waals surface area contributed by atoms with Crippen molar-refractivity contribution in [2.45, 2.75) is 76.0 Å². The zero-order valence-corrected chi connectivity index (χ0v) is 20.7. The van der Waals surface area contributed by atoms with Crippen LogP contribution in [0, 0.1) is 28.6 Å². The SMILES string of the molecule is COC(=O)C1(S(=O)Nc2ccccc2)C[C@@]2(C)C(CC[C@@H]3[C@H]2CC[C@]2(C)CCC[C@@H]32)NC1=O. The van der Waals surface area contributed by atoms with E-state index in [1.807, 2.05) is 18.2 Å². The Morgan fingerprint density at radius 2 is 1.85 bits per heavy atom. The topological polar surface area (TPSA) is 84.5 Å². The van der Waals surface area contributed by atoms with Gasteiger partial charge in [-0.1, -0.05) is 38.5 Å². The Morgan fingerprint density at radius 3 is 2.58 bits per heavy atom. The van der Waals surface area contributed by atoms with Crippen LogP contribution >= 0.6 is 0 Å². The summed E-state index contributed by atoms with van der Waals surface area (Å²) in [5.74, 6) is 0.537. The van der Waals surface area contributed by atoms with Gasteiger partial charge in [-0.3, -0.25) is 4.79 Å². The van der Waals surface area contributed by atoms with Crippen LogP contribution in [0.5, 0.6) is 0 Å². The summed E-state index contributed by atoms with van der Waals surface area (Å²) in [6, 6.07) is 9.10. The van der Waals surface area contributed by atoms with Crippen LogP contribution in [0.2, 0.25) is 0 Å². The van der Waals surface area contributed by atoms with Crippen molar-refractivity contribution in [3.05, 3.63) is 30.3 Å². The van der Waals surface area contributed by atoms with Gasteiger partial charge in [0.25, 0.3) is 5.91 Å². The minimum atomic E-state index is -1.98. The van der Waals surface area contributed by atoms with Gasteiger partial charge in [-0.05, 0) is 85.7 Å². The molecule has 1 aliphatic heterocycles. The standard InChI is InChI=1S/C26H36N2O4S/c1-24-14-7-10-19(24)18-11-12-21-25(2,20(18)13-15-24)16-26(22(29)27-21,23(30)32-3)33(31)28-17-8-5-4-6-9-17/h4-6,8-9,18-21,28H,7,10-16H2,1-3H3,(H,27,29)/t18-,19-,20+,21?,24-,25+,26?,33?/m0/s1. The Kier molecular flexibility index (Phi) is 5.62. The lowest BCUT2D eigenvalue weighted by atomic mass is 9.47. The summed E-state index contributed by atoms with van der Waals surface area (Å²) in [7, 11) is -0.702. The largest absolute Gasteiger partial charge is 0.467 e. The number of nitrogens with one attached hydrogen (secondary N) is 2. The summed E-state index contributed by atoms with van der Waals surface area (Å²) >= 11 is 0. The van der Waals surface area contributed by atoms with Crippen molar-refractivity contribution in [3.8, 4) is 0 Å². The number of carbonyl (C=O) groups is 2. The minimum Gasteiger partial charge on any atom is -0.467 e. The van der Waals surface area contributed by atoms with Crippen molar-refractivity contribution in [1.82, 2.24) is 5.32 Å². The maximum atomic E-state index is 13.7. The van der Waals surface area contributed by atoms with E-state index < -0.39 is 27.6 Å². The number of hydrogen-bond donors (Lipinski definition) is 2. The number of anilines is 1. The Labute approximate surface area is 199 Å². The van der Waals surface area contributed by atoms with E-state index in [9.17, 15) is 13.8 Å². The van der Waals surface area contributed by atoms with Crippen LogP contribution in [0.25, 0.3) is 0 Å². The Bertz CT molecular complexity index is 970. The highest BCUT2D eigenvalue weighted by Crippen LogP contribution is 2.64. The summed E-state index contributed by atoms with van der Waals surface area (Å²) in [6.45, 7) is 4.69. The van der Waals surface area contributed by atoms with E-state index in [1.165, 1.54) is 32.8 Å². The number of piperidine rings is 1. The number of carbonyl (C=O) groups excluding carboxylic acids is 2. The molecule has 1 heterocycles. The van der Waals surface area contributed by atoms with Gasteiger partial charge in [0.1, 0.15) is 11.0 Å². The smallest absolute Gasteiger partial charge is 0.336 e. The number of fused-ring (bicyclic) bond motifs is 5. The molecule has 7 heteroatoms. The van der Waals surface area contributed by atoms with Crippen molar-refractivity contribution >= 4 is 28.5 Å². The third kappa shape index (κ3) is 3.36. The third-order valence-electron chi connectivity index (χ3n) is 9.77. The molecule has 1 amide bonds. The summed E-state index contributed by atoms with van der Waals surface area (Å²) in [4.78, 5) is 26.7. The van der Waals surface area contributed by atoms with E-state index in [2.05, 4.69) is 23.9 Å². The van der Waals surface area contributed by atoms with Crippen molar-refractivity contribution < 1.29 is 18.5 Å². The van der Waals surface area contributed by atoms with Gasteiger partial charge >= 0.3 is 5.97 Å². The van der Waals surface area contributed by atoms with E-state index in [-0.39, 0.29) is 17.9 Å². The molecule has 6 nitrogen and oxygen atoms in total. The number of ether oxygens (including phenoxy) is 1. The predicted octanol–water partition coefficient (Wildman–Crippen LogP) is 4.20. The average molecular weight is 473 g/mol. The molecule has 3 aliphatic carbocycles. The Hall–Kier alpha value is -1.89. The van der Waals surface area contributed by atoms with Crippen molar-refractivity contribution in [2.24, 2.45) is 28.6 Å². The van der Waals surface area contributed by atoms with Gasteiger partial charge in [0.2, 0.25) is 4.75 Å². The second-order valence-electron chi connectivity index (χ2n) is 11.3. The van der Waals surface area contributed by atoms with Gasteiger partial charge in [-0.2, -0.15) is 0 Å². The van der Waals surface area contributed by atoms with Gasteiger partial charge in [0.05, 0.1) is 7.11 Å². The molecule has 1 aromatic rings. The average Bonchev–Trinajstić information content (AvgIpc) is 3.21. The second-order valence-corrected chi connectivity index (χ2v) is 12.7. The van der Waals surface area contributed by atoms with Gasteiger partial charge in [-0.25, -0.2) is 9.00 Å². The summed E-state index contributed by atoms with van der Waals surface area (Å²) in [6.07, 6.45) is 8.51. The number of para-hydroxylation sites is 1. The van der Waals surface area contributed by atoms with E-state index >= 15 is 0 Å². The summed E-state index contributed by atoms with van der Waals surface area (Å²) in [5, 5.41) is 3.16. The first-order valence-electron chi connectivity index (χ1n) is 12.4. The maximum absolute atomic E-state index is 13.7. The lowest BCUT2D eigenvalue weighted by Gasteiger charge is -2.61. The molecule has 0 bridgehead atoms. The van der Waals surface area contributed by atoms with Crippen molar-refractivity contribution in [3.63, 3.8) is 0 Å². The minimum absolute atomic E-state index is 0.00326. The number of benzene rings is 1. The molecule has 3 saturated carbocycles. The highest BCUT2D eigenvalue weighted by molar-refractivity contribution is 7.89. The zero-order chi connectivity index (χ0) is 23.4. The quantitative estimate of drug-likeness (QED) is 0.508. The fourth-order valence-electron chi connectivity index (χ4n) is 8.09. The molecule has 1 aromatic carbocycles. The van der Waals surface area contributed by atoms with Crippen LogP contribution in [0.3, 0.4) is 0 Å². The number of rotatable bonds is 4. The third-order valence-corrected chi connectivity index (χ3v) is 11.3. The Balaban J connectivity index is 1.51. The molecule has 0 aromatic heterocycles. The van der Waals surface area contributed by atoms with Crippen LogP contribution in [0.1, 0.15) is 65.2 Å². The number of hydrogen-bond acceptors (Lipinski definition) is 4. The number of esters is 1. The molecule has 8 atom stereocenters. The van der Waals surface area contributed by atoms with Crippen molar-refractivity contribution in [1.29, 1.82) is 0 Å². The molecule has 180 valence electrons. The van der Waals surface area contributed by atoms with Gasteiger partial charge in [-0.15, -0.1) is 0 Å². The first kappa shape index (κ1) is 22.9. The molecular formula is C26H36N2O4S. The normalized spacial score (nSPS) is 42.8. The second kappa shape index (κ2) is 8.10. The van der Waals surface area contributed by atoms with Crippen LogP contribution in [0.4, 0.5) is 5.69 Å². The number of amides is 1. The van der Waals surface area contributed by atoms with Gasteiger partial charge in [0, 0.05) is 11.7 Å². The predicted molar refractivity (Wildman–Crippen MR) is 129 cm³/mol. The molecule has 5 rings (SSSR count). The molecule has 4 fully saturated rings. The van der Waals surface area contributed by atoms with E-state index in [4.69, 9.17) is 4.74 Å². The molecule has 0 radical (unpaired) electrons. The van der Waals surface area contributed by atoms with Crippen LogP contribution in [-0.4, -0.2) is 34.0 Å². The van der Waals surface area contributed by atoms with Crippen LogP contribution in [0.15, 0.2) is 30.3 Å². The van der Waals surface area contributed by atoms with Crippen molar-refractivity contribution in [2.75, 3.05) is 11.8 Å². The Morgan fingerprint density at radius 1 is 1.09 bits per heavy atom. The fraction of sp³-hybridized carbons (Fsp3) is 0.692. The zero-order valence-electron chi connectivity index (χ0n) is 19.9. The van der Waals surface area contributed by atoms with Gasteiger partial charge < -0.3 is 14.8 Å². The first-order chi connectivity index (χ1) is 15.7. The van der Waals surface area contributed by atoms with Crippen LogP contribution < -0.4 is 10.0 Å². The van der Waals surface area contributed by atoms with E-state index in [0.29, 0.717) is 28.9 Å². The lowest BCUT2D eigenvalue weighted by Crippen LogP contribution is -2.71. The molecular weight excluding hydrogens is 436 g/mol. The highest BCUT2D eigenvalue weighted by Gasteiger charge is 2.67.